The summed E-state index contributed by atoms with van der Waals surface area (Å²) in [7, 11) is 3.04. The Morgan fingerprint density at radius 2 is 1.60 bits per heavy atom. The Balaban J connectivity index is 1.38. The Hall–Kier alpha value is -5.21. The van der Waals surface area contributed by atoms with Crippen molar-refractivity contribution < 1.29 is 28.7 Å². The van der Waals surface area contributed by atoms with E-state index in [-0.39, 0.29) is 18.5 Å². The van der Waals surface area contributed by atoms with Gasteiger partial charge in [0.2, 0.25) is 5.91 Å². The molecule has 0 aliphatic carbocycles. The summed E-state index contributed by atoms with van der Waals surface area (Å²) in [6.07, 6.45) is 0.673. The minimum atomic E-state index is -1.38. The van der Waals surface area contributed by atoms with Crippen LogP contribution in [-0.2, 0) is 9.59 Å². The van der Waals surface area contributed by atoms with E-state index in [2.05, 4.69) is 34.2 Å². The van der Waals surface area contributed by atoms with Crippen molar-refractivity contribution in [3.05, 3.63) is 89.0 Å². The number of carbonyl (C=O) groups is 4. The molecule has 3 aromatic carbocycles. The van der Waals surface area contributed by atoms with Gasteiger partial charge in [0.25, 0.3) is 11.8 Å². The summed E-state index contributed by atoms with van der Waals surface area (Å²) in [5.74, 6) is -2.40. The lowest BCUT2D eigenvalue weighted by Gasteiger charge is -2.39. The lowest BCUT2D eigenvalue weighted by atomic mass is 9.99. The normalized spacial score (nSPS) is 16.5. The van der Waals surface area contributed by atoms with Crippen molar-refractivity contribution in [3.63, 3.8) is 0 Å². The number of nitrogens with zero attached hydrogens (tertiary/aromatic N) is 4. The molecule has 250 valence electrons. The average Bonchev–Trinajstić information content (AvgIpc) is 3.37. The van der Waals surface area contributed by atoms with Gasteiger partial charge in [-0.25, -0.2) is 0 Å². The number of anilines is 1. The Labute approximate surface area is 281 Å². The van der Waals surface area contributed by atoms with Crippen LogP contribution in [0, 0.1) is 17.2 Å². The van der Waals surface area contributed by atoms with Crippen molar-refractivity contribution in [2.24, 2.45) is 5.92 Å². The van der Waals surface area contributed by atoms with Crippen LogP contribution in [0.1, 0.15) is 70.6 Å². The third-order valence-electron chi connectivity index (χ3n) is 9.26. The molecular formula is C37H41N5O6. The fraction of sp³-hybridized carbons (Fsp3) is 0.378. The fourth-order valence-electron chi connectivity index (χ4n) is 6.57. The van der Waals surface area contributed by atoms with E-state index in [9.17, 15) is 24.4 Å². The number of rotatable bonds is 13. The number of hydrogen-bond donors (Lipinski definition) is 1. The highest BCUT2D eigenvalue weighted by molar-refractivity contribution is 6.24. The van der Waals surface area contributed by atoms with E-state index in [0.717, 1.165) is 18.8 Å². The molecule has 2 heterocycles. The summed E-state index contributed by atoms with van der Waals surface area (Å²) in [6.45, 7) is 6.58. The number of carbonyl (C=O) groups excluding carboxylic acids is 4. The third-order valence-corrected chi connectivity index (χ3v) is 9.26. The number of amides is 3. The first-order valence-corrected chi connectivity index (χ1v) is 16.1. The van der Waals surface area contributed by atoms with E-state index >= 15 is 0 Å². The average molecular weight is 652 g/mol. The summed E-state index contributed by atoms with van der Waals surface area (Å²) < 4.78 is 10.9. The van der Waals surface area contributed by atoms with Crippen LogP contribution in [0.3, 0.4) is 0 Å². The maximum absolute atomic E-state index is 14.3. The highest BCUT2D eigenvalue weighted by Gasteiger charge is 2.43. The molecule has 5 rings (SSSR count). The fourth-order valence-corrected chi connectivity index (χ4v) is 6.57. The number of nitriles is 1. The predicted octanol–water partition coefficient (Wildman–Crippen LogP) is 4.55. The molecule has 0 bridgehead atoms. The molecule has 0 spiro atoms. The maximum atomic E-state index is 14.3. The van der Waals surface area contributed by atoms with Gasteiger partial charge in [-0.3, -0.25) is 29.0 Å². The van der Waals surface area contributed by atoms with Crippen molar-refractivity contribution in [2.45, 2.75) is 38.8 Å². The number of piperazine rings is 1. The van der Waals surface area contributed by atoms with Crippen LogP contribution in [0.4, 0.5) is 5.69 Å². The molecule has 2 aliphatic heterocycles. The van der Waals surface area contributed by atoms with Gasteiger partial charge < -0.3 is 19.7 Å². The van der Waals surface area contributed by atoms with Gasteiger partial charge in [-0.05, 0) is 62.1 Å². The molecule has 1 fully saturated rings. The van der Waals surface area contributed by atoms with Gasteiger partial charge in [-0.2, -0.15) is 5.26 Å². The standard InChI is InChI=1S/C37H41N5O6/c1-24(26-10-6-5-7-11-26)40-18-20-41(21-19-40)31-13-8-12-28-34(31)37(46)42(36(28)45)30(27-15-16-32(47-3)33(22-27)48-4)14-9-17-39-35(44)29(23-38)25(2)43/h5-8,10-13,15-16,22,24,29-30H,9,14,17-21H2,1-4H3,(H,39,44)/t24?,29?,30-/m1/s1. The molecule has 0 aromatic heterocycles. The maximum Gasteiger partial charge on any atom is 0.264 e. The van der Waals surface area contributed by atoms with Crippen LogP contribution in [-0.4, -0.2) is 80.2 Å². The topological polar surface area (TPSA) is 132 Å². The number of methoxy groups -OCH3 is 2. The molecule has 48 heavy (non-hydrogen) atoms. The van der Waals surface area contributed by atoms with Crippen LogP contribution < -0.4 is 19.7 Å². The van der Waals surface area contributed by atoms with Crippen molar-refractivity contribution in [1.82, 2.24) is 15.1 Å². The molecule has 3 aromatic rings. The minimum absolute atomic E-state index is 0.147. The molecule has 11 heteroatoms. The number of ether oxygens (including phenoxy) is 2. The summed E-state index contributed by atoms with van der Waals surface area (Å²) in [5.41, 5.74) is 3.41. The SMILES string of the molecule is COc1ccc([C@@H](CCCNC(=O)C(C#N)C(C)=O)N2C(=O)c3cccc(N4CCN(C(C)c5ccccc5)CC4)c3C2=O)cc1OC. The summed E-state index contributed by atoms with van der Waals surface area (Å²) >= 11 is 0. The monoisotopic (exact) mass is 651 g/mol. The van der Waals surface area contributed by atoms with E-state index in [1.165, 1.54) is 31.6 Å². The molecular weight excluding hydrogens is 610 g/mol. The highest BCUT2D eigenvalue weighted by Crippen LogP contribution is 2.40. The second kappa shape index (κ2) is 15.1. The molecule has 2 aliphatic rings. The van der Waals surface area contributed by atoms with Gasteiger partial charge in [0.1, 0.15) is 0 Å². The van der Waals surface area contributed by atoms with E-state index in [4.69, 9.17) is 9.47 Å². The second-order valence-electron chi connectivity index (χ2n) is 12.0. The highest BCUT2D eigenvalue weighted by atomic mass is 16.5. The van der Waals surface area contributed by atoms with Crippen molar-refractivity contribution in [3.8, 4) is 17.6 Å². The molecule has 3 atom stereocenters. The lowest BCUT2D eigenvalue weighted by Crippen LogP contribution is -2.47. The zero-order valence-electron chi connectivity index (χ0n) is 27.8. The number of nitrogens with one attached hydrogen (secondary N) is 1. The molecule has 1 saturated heterocycles. The van der Waals surface area contributed by atoms with Crippen molar-refractivity contribution in [1.29, 1.82) is 5.26 Å². The van der Waals surface area contributed by atoms with Crippen LogP contribution >= 0.6 is 0 Å². The van der Waals surface area contributed by atoms with E-state index < -0.39 is 29.6 Å². The van der Waals surface area contributed by atoms with Gasteiger partial charge in [-0.15, -0.1) is 0 Å². The minimum Gasteiger partial charge on any atom is -0.493 e. The molecule has 0 saturated carbocycles. The van der Waals surface area contributed by atoms with Gasteiger partial charge in [0.05, 0.1) is 43.1 Å². The van der Waals surface area contributed by atoms with Gasteiger partial charge >= 0.3 is 0 Å². The van der Waals surface area contributed by atoms with Gasteiger partial charge in [0, 0.05) is 38.8 Å². The van der Waals surface area contributed by atoms with E-state index in [0.29, 0.717) is 54.1 Å². The molecule has 2 unspecified atom stereocenters. The largest absolute Gasteiger partial charge is 0.493 e. The van der Waals surface area contributed by atoms with Crippen LogP contribution in [0.15, 0.2) is 66.7 Å². The van der Waals surface area contributed by atoms with Crippen LogP contribution in [0.25, 0.3) is 0 Å². The number of hydrogen-bond acceptors (Lipinski definition) is 9. The summed E-state index contributed by atoms with van der Waals surface area (Å²) in [4.78, 5) is 58.4. The Bertz CT molecular complexity index is 1710. The predicted molar refractivity (Wildman–Crippen MR) is 180 cm³/mol. The van der Waals surface area contributed by atoms with Crippen LogP contribution in [0.2, 0.25) is 0 Å². The zero-order valence-corrected chi connectivity index (χ0v) is 27.8. The van der Waals surface area contributed by atoms with Crippen molar-refractivity contribution in [2.75, 3.05) is 51.8 Å². The first kappa shape index (κ1) is 34.1. The first-order chi connectivity index (χ1) is 23.2. The zero-order chi connectivity index (χ0) is 34.4. The van der Waals surface area contributed by atoms with Gasteiger partial charge in [0.15, 0.2) is 23.2 Å². The Morgan fingerprint density at radius 1 is 0.896 bits per heavy atom. The van der Waals surface area contributed by atoms with E-state index in [1.54, 1.807) is 30.3 Å². The lowest BCUT2D eigenvalue weighted by molar-refractivity contribution is -0.130. The Morgan fingerprint density at radius 3 is 2.25 bits per heavy atom. The number of Topliss-reactive ketones (excluding diaryl/α,β-unsaturated/α-hetero) is 1. The molecule has 1 N–H and O–H groups in total. The number of imide groups is 1. The number of fused-ring (bicyclic) bond motifs is 1. The van der Waals surface area contributed by atoms with Gasteiger partial charge in [-0.1, -0.05) is 42.5 Å². The van der Waals surface area contributed by atoms with Crippen molar-refractivity contribution >= 4 is 29.2 Å². The quantitative estimate of drug-likeness (QED) is 0.161. The molecule has 11 nitrogen and oxygen atoms in total. The van der Waals surface area contributed by atoms with E-state index in [1.807, 2.05) is 30.3 Å². The third kappa shape index (κ3) is 6.89. The first-order valence-electron chi connectivity index (χ1n) is 16.1. The number of benzene rings is 3. The van der Waals surface area contributed by atoms with Crippen LogP contribution in [0.5, 0.6) is 11.5 Å². The number of ketones is 1. The summed E-state index contributed by atoms with van der Waals surface area (Å²) in [5, 5.41) is 11.8. The Kier molecular flexibility index (Phi) is 10.8. The summed E-state index contributed by atoms with van der Waals surface area (Å²) in [6, 6.07) is 22.4. The molecule has 3 amide bonds. The smallest absolute Gasteiger partial charge is 0.264 e. The second-order valence-corrected chi connectivity index (χ2v) is 12.0. The molecule has 0 radical (unpaired) electrons.